The number of ether oxygens (including phenoxy) is 1. The van der Waals surface area contributed by atoms with Gasteiger partial charge in [0.25, 0.3) is 0 Å². The first-order chi connectivity index (χ1) is 9.98. The zero-order chi connectivity index (χ0) is 15.1. The maximum Gasteiger partial charge on any atom is 0.144 e. The highest BCUT2D eigenvalue weighted by Crippen LogP contribution is 2.53. The van der Waals surface area contributed by atoms with Crippen molar-refractivity contribution in [2.75, 3.05) is 7.11 Å². The van der Waals surface area contributed by atoms with Gasteiger partial charge in [0.15, 0.2) is 0 Å². The maximum atomic E-state index is 12.4. The van der Waals surface area contributed by atoms with Crippen molar-refractivity contribution in [3.8, 4) is 11.8 Å². The number of benzene rings is 1. The van der Waals surface area contributed by atoms with Crippen LogP contribution in [0.5, 0.6) is 0 Å². The van der Waals surface area contributed by atoms with Gasteiger partial charge in [0.05, 0.1) is 11.0 Å². The molecule has 1 aromatic rings. The summed E-state index contributed by atoms with van der Waals surface area (Å²) in [5.74, 6) is 6.85. The average molecular weight is 280 g/mol. The van der Waals surface area contributed by atoms with Crippen molar-refractivity contribution in [3.05, 3.63) is 47.5 Å². The van der Waals surface area contributed by atoms with E-state index < -0.39 is 5.41 Å². The molecule has 2 nitrogen and oxygen atoms in total. The molecule has 108 valence electrons. The third-order valence-electron chi connectivity index (χ3n) is 5.05. The van der Waals surface area contributed by atoms with Crippen LogP contribution in [0.25, 0.3) is 0 Å². The Bertz CT molecular complexity index is 662. The Kier molecular flexibility index (Phi) is 3.26. The molecule has 0 aliphatic heterocycles. The monoisotopic (exact) mass is 280 g/mol. The second-order valence-corrected chi connectivity index (χ2v) is 6.46. The van der Waals surface area contributed by atoms with Crippen LogP contribution in [0.15, 0.2) is 42.0 Å². The number of carbonyl (C=O) groups excluding carboxylic acids is 1. The molecule has 1 fully saturated rings. The molecule has 3 atom stereocenters. The predicted octanol–water partition coefficient (Wildman–Crippen LogP) is 3.37. The van der Waals surface area contributed by atoms with E-state index >= 15 is 0 Å². The van der Waals surface area contributed by atoms with Gasteiger partial charge >= 0.3 is 0 Å². The van der Waals surface area contributed by atoms with E-state index in [1.54, 1.807) is 7.11 Å². The molecule has 4 rings (SSSR count). The minimum Gasteiger partial charge on any atom is -0.378 e. The Morgan fingerprint density at radius 2 is 1.90 bits per heavy atom. The molecule has 2 bridgehead atoms. The SMILES string of the molecule is CO[C@@]1(C)C[C@]2(C)C(=O)C[C@H]1C=C2C#Cc1ccccc1. The highest BCUT2D eigenvalue weighted by Gasteiger charge is 2.55. The summed E-state index contributed by atoms with van der Waals surface area (Å²) in [6.07, 6.45) is 3.44. The summed E-state index contributed by atoms with van der Waals surface area (Å²) in [5.41, 5.74) is 1.19. The zero-order valence-electron chi connectivity index (χ0n) is 12.8. The summed E-state index contributed by atoms with van der Waals surface area (Å²) in [4.78, 5) is 12.4. The number of allylic oxidation sites excluding steroid dienone is 1. The largest absolute Gasteiger partial charge is 0.378 e. The maximum absolute atomic E-state index is 12.4. The molecular formula is C19H20O2. The van der Waals surface area contributed by atoms with E-state index in [-0.39, 0.29) is 11.5 Å². The summed E-state index contributed by atoms with van der Waals surface area (Å²) in [6, 6.07) is 9.89. The second kappa shape index (κ2) is 4.86. The van der Waals surface area contributed by atoms with Crippen molar-refractivity contribution in [1.82, 2.24) is 0 Å². The Balaban J connectivity index is 1.99. The van der Waals surface area contributed by atoms with Gasteiger partial charge in [-0.15, -0.1) is 0 Å². The summed E-state index contributed by atoms with van der Waals surface area (Å²) in [7, 11) is 1.73. The van der Waals surface area contributed by atoms with Crippen LogP contribution in [0, 0.1) is 23.2 Å². The standard InChI is InChI=1S/C19H20O2/c1-18-13-19(2,21-3)16(12-17(18)20)11-15(18)10-9-14-7-5-4-6-8-14/h4-8,11,16H,12-13H2,1-3H3/t16-,18+,19+/m1/s1. The van der Waals surface area contributed by atoms with Crippen LogP contribution < -0.4 is 0 Å². The average Bonchev–Trinajstić information content (AvgIpc) is 2.48. The lowest BCUT2D eigenvalue weighted by atomic mass is 9.55. The second-order valence-electron chi connectivity index (χ2n) is 6.46. The number of fused-ring (bicyclic) bond motifs is 2. The van der Waals surface area contributed by atoms with Crippen molar-refractivity contribution in [2.45, 2.75) is 32.3 Å². The number of carbonyl (C=O) groups is 1. The summed E-state index contributed by atoms with van der Waals surface area (Å²) in [6.45, 7) is 4.10. The fourth-order valence-electron chi connectivity index (χ4n) is 3.50. The predicted molar refractivity (Wildman–Crippen MR) is 82.7 cm³/mol. The van der Waals surface area contributed by atoms with Crippen LogP contribution in [-0.2, 0) is 9.53 Å². The molecule has 1 saturated carbocycles. The molecule has 0 aromatic heterocycles. The van der Waals surface area contributed by atoms with Crippen LogP contribution >= 0.6 is 0 Å². The van der Waals surface area contributed by atoms with E-state index in [2.05, 4.69) is 24.8 Å². The molecular weight excluding hydrogens is 260 g/mol. The van der Waals surface area contributed by atoms with Crippen molar-refractivity contribution in [1.29, 1.82) is 0 Å². The van der Waals surface area contributed by atoms with Crippen molar-refractivity contribution >= 4 is 5.78 Å². The number of methoxy groups -OCH3 is 1. The molecule has 21 heavy (non-hydrogen) atoms. The molecule has 2 heteroatoms. The van der Waals surface area contributed by atoms with Crippen LogP contribution in [0.2, 0.25) is 0 Å². The molecule has 1 aromatic carbocycles. The molecule has 0 unspecified atom stereocenters. The zero-order valence-corrected chi connectivity index (χ0v) is 12.8. The smallest absolute Gasteiger partial charge is 0.144 e. The van der Waals surface area contributed by atoms with E-state index in [1.165, 1.54) is 0 Å². The van der Waals surface area contributed by atoms with Crippen LogP contribution in [0.1, 0.15) is 32.3 Å². The topological polar surface area (TPSA) is 26.3 Å². The van der Waals surface area contributed by atoms with Crippen LogP contribution in [0.4, 0.5) is 0 Å². The van der Waals surface area contributed by atoms with Gasteiger partial charge in [0, 0.05) is 30.6 Å². The molecule has 0 amide bonds. The molecule has 3 aliphatic rings. The fourth-order valence-corrected chi connectivity index (χ4v) is 3.50. The van der Waals surface area contributed by atoms with Gasteiger partial charge in [-0.2, -0.15) is 0 Å². The first-order valence-electron chi connectivity index (χ1n) is 7.36. The van der Waals surface area contributed by atoms with Crippen molar-refractivity contribution in [3.63, 3.8) is 0 Å². The van der Waals surface area contributed by atoms with Gasteiger partial charge in [0.1, 0.15) is 5.78 Å². The number of hydrogen-bond acceptors (Lipinski definition) is 2. The number of Topliss-reactive ketones (excluding diaryl/α,β-unsaturated/α-hetero) is 1. The highest BCUT2D eigenvalue weighted by molar-refractivity contribution is 5.92. The van der Waals surface area contributed by atoms with Gasteiger partial charge in [-0.05, 0) is 32.4 Å². The minimum atomic E-state index is -0.499. The van der Waals surface area contributed by atoms with E-state index in [0.29, 0.717) is 12.2 Å². The Labute approximate surface area is 126 Å². The first-order valence-corrected chi connectivity index (χ1v) is 7.36. The lowest BCUT2D eigenvalue weighted by molar-refractivity contribution is -0.146. The highest BCUT2D eigenvalue weighted by atomic mass is 16.5. The Morgan fingerprint density at radius 3 is 2.57 bits per heavy atom. The molecule has 0 radical (unpaired) electrons. The summed E-state index contributed by atoms with van der Waals surface area (Å²) < 4.78 is 5.69. The molecule has 3 aliphatic carbocycles. The third kappa shape index (κ3) is 2.22. The normalized spacial score (nSPS) is 34.1. The van der Waals surface area contributed by atoms with Gasteiger partial charge in [-0.3, -0.25) is 4.79 Å². The molecule has 0 saturated heterocycles. The fraction of sp³-hybridized carbons (Fsp3) is 0.421. The Hall–Kier alpha value is -1.85. The summed E-state index contributed by atoms with van der Waals surface area (Å²) in [5, 5.41) is 0. The van der Waals surface area contributed by atoms with Crippen molar-refractivity contribution < 1.29 is 9.53 Å². The quantitative estimate of drug-likeness (QED) is 0.737. The van der Waals surface area contributed by atoms with Crippen LogP contribution in [0.3, 0.4) is 0 Å². The Morgan fingerprint density at radius 1 is 1.19 bits per heavy atom. The van der Waals surface area contributed by atoms with Gasteiger partial charge in [-0.1, -0.05) is 36.1 Å². The number of hydrogen-bond donors (Lipinski definition) is 0. The van der Waals surface area contributed by atoms with Gasteiger partial charge < -0.3 is 4.74 Å². The van der Waals surface area contributed by atoms with Crippen LogP contribution in [-0.4, -0.2) is 18.5 Å². The van der Waals surface area contributed by atoms with Crippen molar-refractivity contribution in [2.24, 2.45) is 11.3 Å². The molecule has 0 heterocycles. The van der Waals surface area contributed by atoms with E-state index in [0.717, 1.165) is 17.6 Å². The van der Waals surface area contributed by atoms with Gasteiger partial charge in [-0.25, -0.2) is 0 Å². The third-order valence-corrected chi connectivity index (χ3v) is 5.05. The number of rotatable bonds is 1. The summed E-state index contributed by atoms with van der Waals surface area (Å²) >= 11 is 0. The minimum absolute atomic E-state index is 0.136. The lowest BCUT2D eigenvalue weighted by Crippen LogP contribution is -2.54. The first kappa shape index (κ1) is 14.1. The lowest BCUT2D eigenvalue weighted by Gasteiger charge is -2.51. The number of ketones is 1. The molecule has 0 N–H and O–H groups in total. The molecule has 0 spiro atoms. The van der Waals surface area contributed by atoms with E-state index in [9.17, 15) is 4.79 Å². The van der Waals surface area contributed by atoms with Gasteiger partial charge in [0.2, 0.25) is 0 Å². The van der Waals surface area contributed by atoms with E-state index in [1.807, 2.05) is 37.3 Å². The van der Waals surface area contributed by atoms with E-state index in [4.69, 9.17) is 4.74 Å².